The van der Waals surface area contributed by atoms with Gasteiger partial charge in [0.05, 0.1) is 39.1 Å². The summed E-state index contributed by atoms with van der Waals surface area (Å²) in [6, 6.07) is 27.3. The van der Waals surface area contributed by atoms with Crippen LogP contribution >= 0.6 is 0 Å². The molecule has 0 aliphatic carbocycles. The Kier molecular flexibility index (Phi) is 17.0. The number of carbonyl (C=O) groups excluding carboxylic acids is 4. The molecule has 2 heterocycles. The van der Waals surface area contributed by atoms with Crippen LogP contribution in [-0.2, 0) is 62.7 Å². The topological polar surface area (TPSA) is 142 Å². The van der Waals surface area contributed by atoms with Crippen LogP contribution in [0.1, 0.15) is 70.1 Å². The molecular weight excluding hydrogens is 739 g/mol. The molecule has 2 aliphatic rings. The van der Waals surface area contributed by atoms with Gasteiger partial charge in [-0.05, 0) is 68.2 Å². The van der Waals surface area contributed by atoms with E-state index >= 15 is 0 Å². The molecule has 2 saturated heterocycles. The van der Waals surface area contributed by atoms with Crippen LogP contribution in [0.15, 0.2) is 103 Å². The number of rotatable bonds is 19. The lowest BCUT2D eigenvalue weighted by Crippen LogP contribution is -2.59. The minimum atomic E-state index is -0.907. The number of hydrogen-bond acceptors (Lipinski definition) is 9. The van der Waals surface area contributed by atoms with Gasteiger partial charge in [-0.1, -0.05) is 111 Å². The third kappa shape index (κ3) is 12.8. The fourth-order valence-corrected chi connectivity index (χ4v) is 7.48. The average Bonchev–Trinajstić information content (AvgIpc) is 3.72. The number of amides is 3. The van der Waals surface area contributed by atoms with E-state index in [1.165, 1.54) is 18.1 Å². The summed E-state index contributed by atoms with van der Waals surface area (Å²) >= 11 is 0. The number of likely N-dealkylation sites (tertiary alicyclic amines) is 1. The van der Waals surface area contributed by atoms with Crippen LogP contribution < -0.4 is 10.6 Å². The lowest BCUT2D eigenvalue weighted by molar-refractivity contribution is -0.260. The fraction of sp³-hybridized carbons (Fsp3) is 0.478. The van der Waals surface area contributed by atoms with Crippen molar-refractivity contribution in [3.8, 4) is 0 Å². The molecule has 0 unspecified atom stereocenters. The molecule has 12 nitrogen and oxygen atoms in total. The zero-order chi connectivity index (χ0) is 41.4. The zero-order valence-corrected chi connectivity index (χ0v) is 34.3. The van der Waals surface area contributed by atoms with Crippen molar-refractivity contribution in [2.45, 2.75) is 122 Å². The number of esters is 1. The summed E-state index contributed by atoms with van der Waals surface area (Å²) in [5.41, 5.74) is 3.03. The van der Waals surface area contributed by atoms with E-state index in [0.717, 1.165) is 16.7 Å². The molecule has 3 aromatic carbocycles. The quantitative estimate of drug-likeness (QED) is 0.116. The van der Waals surface area contributed by atoms with E-state index in [1.54, 1.807) is 13.0 Å². The third-order valence-electron chi connectivity index (χ3n) is 10.4. The summed E-state index contributed by atoms with van der Waals surface area (Å²) in [5, 5.41) is 5.60. The molecule has 0 spiro atoms. The van der Waals surface area contributed by atoms with E-state index in [2.05, 4.69) is 10.6 Å². The number of methoxy groups -OCH3 is 1. The van der Waals surface area contributed by atoms with Crippen LogP contribution in [0.2, 0.25) is 0 Å². The minimum Gasteiger partial charge on any atom is -0.467 e. The number of benzene rings is 3. The van der Waals surface area contributed by atoms with E-state index in [-0.39, 0.29) is 17.9 Å². The molecule has 2 aliphatic heterocycles. The molecule has 8 atom stereocenters. The van der Waals surface area contributed by atoms with Crippen molar-refractivity contribution in [2.75, 3.05) is 13.7 Å². The van der Waals surface area contributed by atoms with Gasteiger partial charge >= 0.3 is 5.97 Å². The second kappa shape index (κ2) is 22.3. The Morgan fingerprint density at radius 3 is 1.84 bits per heavy atom. The Bertz CT molecular complexity index is 1770. The fourth-order valence-electron chi connectivity index (χ4n) is 7.48. The lowest BCUT2D eigenvalue weighted by Gasteiger charge is -2.45. The number of carbonyl (C=O) groups is 4. The van der Waals surface area contributed by atoms with Gasteiger partial charge in [0.1, 0.15) is 36.4 Å². The Hall–Kier alpha value is -4.88. The standard InChI is InChI=1S/C46H59N3O9/c1-31(2)27-37(44(51)47-32(3)45(52)49-26-16-23-38(49)46(53)54-5)48-40(50)25-15-24-39-42(56-29-35-19-11-7-12-20-35)43(57-30-36-21-13-8-14-22-36)41(33(4)58-39)55-28-34-17-9-6-10-18-34/h6-15,17-22,25,31-33,37-39,41-43H,16,23-24,26-30H2,1-5H3,(H,47,51)(H,48,50)/b25-15+/t32-,33-,37-,38-,39+,41+,42+,43+/m0/s1. The van der Waals surface area contributed by atoms with Crippen molar-refractivity contribution in [1.82, 2.24) is 15.5 Å². The first kappa shape index (κ1) is 44.2. The molecule has 0 aromatic heterocycles. The van der Waals surface area contributed by atoms with Crippen molar-refractivity contribution in [3.05, 3.63) is 120 Å². The van der Waals surface area contributed by atoms with Crippen molar-refractivity contribution in [2.24, 2.45) is 5.92 Å². The van der Waals surface area contributed by atoms with Gasteiger partial charge in [-0.3, -0.25) is 14.4 Å². The highest BCUT2D eigenvalue weighted by atomic mass is 16.6. The van der Waals surface area contributed by atoms with Crippen LogP contribution in [0.25, 0.3) is 0 Å². The van der Waals surface area contributed by atoms with Crippen molar-refractivity contribution >= 4 is 23.7 Å². The van der Waals surface area contributed by atoms with Gasteiger partial charge in [0, 0.05) is 6.54 Å². The molecule has 0 radical (unpaired) electrons. The predicted molar refractivity (Wildman–Crippen MR) is 219 cm³/mol. The van der Waals surface area contributed by atoms with E-state index < -0.39 is 60.3 Å². The second-order valence-electron chi connectivity index (χ2n) is 15.4. The normalized spacial score (nSPS) is 23.0. The van der Waals surface area contributed by atoms with E-state index in [1.807, 2.05) is 112 Å². The highest BCUT2D eigenvalue weighted by Crippen LogP contribution is 2.32. The molecule has 2 fully saturated rings. The summed E-state index contributed by atoms with van der Waals surface area (Å²) in [7, 11) is 1.29. The Morgan fingerprint density at radius 2 is 1.31 bits per heavy atom. The van der Waals surface area contributed by atoms with E-state index in [9.17, 15) is 19.2 Å². The molecule has 3 aromatic rings. The van der Waals surface area contributed by atoms with Gasteiger partial charge in [-0.2, -0.15) is 0 Å². The summed E-state index contributed by atoms with van der Waals surface area (Å²) in [6.07, 6.45) is 2.55. The van der Waals surface area contributed by atoms with Crippen molar-refractivity contribution < 1.29 is 42.9 Å². The summed E-state index contributed by atoms with van der Waals surface area (Å²) in [5.74, 6) is -1.73. The first-order valence-corrected chi connectivity index (χ1v) is 20.3. The van der Waals surface area contributed by atoms with Gasteiger partial charge < -0.3 is 39.2 Å². The van der Waals surface area contributed by atoms with Crippen LogP contribution in [0.4, 0.5) is 0 Å². The zero-order valence-electron chi connectivity index (χ0n) is 34.3. The van der Waals surface area contributed by atoms with Gasteiger partial charge in [0.2, 0.25) is 17.7 Å². The van der Waals surface area contributed by atoms with E-state index in [0.29, 0.717) is 52.0 Å². The smallest absolute Gasteiger partial charge is 0.328 e. The third-order valence-corrected chi connectivity index (χ3v) is 10.4. The van der Waals surface area contributed by atoms with Crippen molar-refractivity contribution in [1.29, 1.82) is 0 Å². The number of nitrogens with one attached hydrogen (secondary N) is 2. The minimum absolute atomic E-state index is 0.0675. The molecule has 5 rings (SSSR count). The maximum atomic E-state index is 13.5. The van der Waals surface area contributed by atoms with E-state index in [4.69, 9.17) is 23.7 Å². The van der Waals surface area contributed by atoms with Crippen molar-refractivity contribution in [3.63, 3.8) is 0 Å². The molecule has 3 amide bonds. The van der Waals surface area contributed by atoms with Gasteiger partial charge in [-0.15, -0.1) is 0 Å². The SMILES string of the molecule is COC(=O)[C@@H]1CCCN1C(=O)[C@H](C)NC(=O)[C@H](CC(C)C)NC(=O)/C=C/C[C@H]1O[C@@H](C)[C@@H](OCc2ccccc2)[C@@H](OCc2ccccc2)[C@@H]1OCc1ccccc1. The first-order chi connectivity index (χ1) is 28.0. The number of nitrogens with zero attached hydrogens (tertiary/aromatic N) is 1. The highest BCUT2D eigenvalue weighted by Gasteiger charge is 2.46. The highest BCUT2D eigenvalue weighted by molar-refractivity contribution is 5.95. The molecule has 58 heavy (non-hydrogen) atoms. The molecular formula is C46H59N3O9. The van der Waals surface area contributed by atoms with Gasteiger partial charge in [0.15, 0.2) is 0 Å². The molecule has 0 bridgehead atoms. The van der Waals surface area contributed by atoms with Crippen LogP contribution in [0.5, 0.6) is 0 Å². The second-order valence-corrected chi connectivity index (χ2v) is 15.4. The number of ether oxygens (including phenoxy) is 5. The first-order valence-electron chi connectivity index (χ1n) is 20.3. The van der Waals surface area contributed by atoms with Gasteiger partial charge in [-0.25, -0.2) is 4.79 Å². The Labute approximate surface area is 342 Å². The maximum absolute atomic E-state index is 13.5. The molecule has 0 saturated carbocycles. The average molecular weight is 798 g/mol. The van der Waals surface area contributed by atoms with Crippen LogP contribution in [0.3, 0.4) is 0 Å². The predicted octanol–water partition coefficient (Wildman–Crippen LogP) is 5.68. The Balaban J connectivity index is 1.28. The molecule has 2 N–H and O–H groups in total. The monoisotopic (exact) mass is 797 g/mol. The van der Waals surface area contributed by atoms with Crippen LogP contribution in [-0.4, -0.2) is 90.9 Å². The molecule has 12 heteroatoms. The van der Waals surface area contributed by atoms with Gasteiger partial charge in [0.25, 0.3) is 0 Å². The lowest BCUT2D eigenvalue weighted by atomic mass is 9.92. The summed E-state index contributed by atoms with van der Waals surface area (Å²) in [4.78, 5) is 53.9. The summed E-state index contributed by atoms with van der Waals surface area (Å²) in [6.45, 7) is 8.87. The molecule has 312 valence electrons. The largest absolute Gasteiger partial charge is 0.467 e. The van der Waals surface area contributed by atoms with Crippen LogP contribution in [0, 0.1) is 5.92 Å². The Morgan fingerprint density at radius 1 is 0.776 bits per heavy atom. The maximum Gasteiger partial charge on any atom is 0.328 e. The summed E-state index contributed by atoms with van der Waals surface area (Å²) < 4.78 is 31.4. The number of hydrogen-bond donors (Lipinski definition) is 2.